The van der Waals surface area contributed by atoms with Gasteiger partial charge < -0.3 is 5.32 Å². The average molecular weight is 334 g/mol. The van der Waals surface area contributed by atoms with E-state index in [0.29, 0.717) is 6.04 Å². The molecular formula is C16H20BrN3. The van der Waals surface area contributed by atoms with Gasteiger partial charge in [-0.3, -0.25) is 4.68 Å². The fourth-order valence-electron chi connectivity index (χ4n) is 2.85. The molecule has 0 saturated carbocycles. The molecule has 1 fully saturated rings. The van der Waals surface area contributed by atoms with Crippen LogP contribution in [0.3, 0.4) is 0 Å². The van der Waals surface area contributed by atoms with Gasteiger partial charge in [0, 0.05) is 22.3 Å². The molecule has 1 aliphatic heterocycles. The highest BCUT2D eigenvalue weighted by atomic mass is 79.9. The van der Waals surface area contributed by atoms with Gasteiger partial charge in [0.25, 0.3) is 0 Å². The van der Waals surface area contributed by atoms with E-state index >= 15 is 0 Å². The van der Waals surface area contributed by atoms with E-state index in [1.165, 1.54) is 29.5 Å². The van der Waals surface area contributed by atoms with Crippen LogP contribution in [0.4, 0.5) is 0 Å². The van der Waals surface area contributed by atoms with Crippen molar-refractivity contribution in [1.29, 1.82) is 0 Å². The van der Waals surface area contributed by atoms with E-state index in [2.05, 4.69) is 69.3 Å². The minimum atomic E-state index is 0.578. The van der Waals surface area contributed by atoms with Crippen molar-refractivity contribution in [3.05, 3.63) is 40.1 Å². The molecule has 1 atom stereocenters. The topological polar surface area (TPSA) is 29.9 Å². The third-order valence-corrected chi connectivity index (χ3v) is 4.87. The summed E-state index contributed by atoms with van der Waals surface area (Å²) < 4.78 is 3.24. The molecule has 0 bridgehead atoms. The first kappa shape index (κ1) is 13.8. The summed E-state index contributed by atoms with van der Waals surface area (Å²) in [5.41, 5.74) is 4.84. The highest BCUT2D eigenvalue weighted by Crippen LogP contribution is 2.27. The van der Waals surface area contributed by atoms with Crippen LogP contribution in [-0.2, 0) is 6.54 Å². The number of hydrogen-bond donors (Lipinski definition) is 1. The maximum atomic E-state index is 4.67. The van der Waals surface area contributed by atoms with Gasteiger partial charge in [-0.15, -0.1) is 0 Å². The first-order valence-corrected chi connectivity index (χ1v) is 7.97. The van der Waals surface area contributed by atoms with E-state index in [0.717, 1.165) is 23.3 Å². The summed E-state index contributed by atoms with van der Waals surface area (Å²) in [6.45, 7) is 6.32. The molecule has 0 radical (unpaired) electrons. The number of benzene rings is 1. The van der Waals surface area contributed by atoms with E-state index in [1.807, 2.05) is 0 Å². The fraction of sp³-hybridized carbons (Fsp3) is 0.438. The minimum absolute atomic E-state index is 0.578. The Morgan fingerprint density at radius 3 is 2.95 bits per heavy atom. The lowest BCUT2D eigenvalue weighted by atomic mass is 10.0. The maximum absolute atomic E-state index is 4.67. The lowest BCUT2D eigenvalue weighted by Crippen LogP contribution is -2.26. The summed E-state index contributed by atoms with van der Waals surface area (Å²) in [6, 6.07) is 7.06. The number of rotatable bonds is 3. The normalized spacial score (nSPS) is 18.6. The Balaban J connectivity index is 1.85. The quantitative estimate of drug-likeness (QED) is 0.928. The molecule has 1 unspecified atom stereocenters. The van der Waals surface area contributed by atoms with Gasteiger partial charge in [0.15, 0.2) is 0 Å². The minimum Gasteiger partial charge on any atom is -0.312 e. The Kier molecular flexibility index (Phi) is 3.94. The van der Waals surface area contributed by atoms with Crippen molar-refractivity contribution >= 4 is 15.9 Å². The van der Waals surface area contributed by atoms with Crippen LogP contribution >= 0.6 is 15.9 Å². The number of nitrogens with zero attached hydrogens (tertiary/aromatic N) is 2. The second-order valence-electron chi connectivity index (χ2n) is 5.61. The van der Waals surface area contributed by atoms with Crippen molar-refractivity contribution < 1.29 is 0 Å². The number of aromatic nitrogens is 2. The zero-order chi connectivity index (χ0) is 14.1. The van der Waals surface area contributed by atoms with Crippen LogP contribution in [0.5, 0.6) is 0 Å². The Morgan fingerprint density at radius 2 is 2.25 bits per heavy atom. The van der Waals surface area contributed by atoms with Crippen molar-refractivity contribution in [3.63, 3.8) is 0 Å². The van der Waals surface area contributed by atoms with Crippen LogP contribution in [0.25, 0.3) is 11.1 Å². The van der Waals surface area contributed by atoms with Crippen LogP contribution in [0.1, 0.15) is 24.1 Å². The molecule has 2 heterocycles. The first-order valence-electron chi connectivity index (χ1n) is 7.17. The smallest absolute Gasteiger partial charge is 0.0672 e. The number of halogens is 1. The summed E-state index contributed by atoms with van der Waals surface area (Å²) in [4.78, 5) is 0. The molecule has 2 aromatic rings. The molecule has 1 saturated heterocycles. The summed E-state index contributed by atoms with van der Waals surface area (Å²) in [5.74, 6) is 0. The van der Waals surface area contributed by atoms with Gasteiger partial charge in [-0.25, -0.2) is 0 Å². The van der Waals surface area contributed by atoms with E-state index in [1.54, 1.807) is 0 Å². The van der Waals surface area contributed by atoms with Crippen LogP contribution in [0.2, 0.25) is 0 Å². The average Bonchev–Trinajstić information content (AvgIpc) is 3.03. The van der Waals surface area contributed by atoms with E-state index < -0.39 is 0 Å². The predicted molar refractivity (Wildman–Crippen MR) is 85.9 cm³/mol. The van der Waals surface area contributed by atoms with Crippen molar-refractivity contribution in [2.45, 2.75) is 39.3 Å². The second-order valence-corrected chi connectivity index (χ2v) is 6.46. The standard InChI is InChI=1S/C16H20BrN3/c1-11-8-13(5-6-16(11)17)15-10-20(19-12(15)2)9-14-4-3-7-18-14/h5-6,8,10,14,18H,3-4,7,9H2,1-2H3. The fourth-order valence-corrected chi connectivity index (χ4v) is 3.09. The highest BCUT2D eigenvalue weighted by Gasteiger charge is 2.16. The predicted octanol–water partition coefficient (Wildman–Crippen LogP) is 3.68. The van der Waals surface area contributed by atoms with Crippen LogP contribution < -0.4 is 5.32 Å². The molecule has 1 N–H and O–H groups in total. The van der Waals surface area contributed by atoms with Crippen molar-refractivity contribution in [2.75, 3.05) is 6.54 Å². The first-order chi connectivity index (χ1) is 9.63. The SMILES string of the molecule is Cc1cc(-c2cn(CC3CCCN3)nc2C)ccc1Br. The molecule has 1 aromatic heterocycles. The summed E-state index contributed by atoms with van der Waals surface area (Å²) in [7, 11) is 0. The zero-order valence-corrected chi connectivity index (χ0v) is 13.6. The van der Waals surface area contributed by atoms with E-state index in [-0.39, 0.29) is 0 Å². The van der Waals surface area contributed by atoms with Crippen molar-refractivity contribution in [2.24, 2.45) is 0 Å². The Bertz CT molecular complexity index is 612. The lowest BCUT2D eigenvalue weighted by Gasteiger charge is -2.09. The summed E-state index contributed by atoms with van der Waals surface area (Å²) in [6.07, 6.45) is 4.72. The maximum Gasteiger partial charge on any atom is 0.0672 e. The van der Waals surface area contributed by atoms with Gasteiger partial charge >= 0.3 is 0 Å². The molecule has 3 nitrogen and oxygen atoms in total. The summed E-state index contributed by atoms with van der Waals surface area (Å²) in [5, 5.41) is 8.19. The molecule has 1 aliphatic rings. The van der Waals surface area contributed by atoms with Gasteiger partial charge in [-0.2, -0.15) is 5.10 Å². The molecule has 106 valence electrons. The van der Waals surface area contributed by atoms with Gasteiger partial charge in [-0.05, 0) is 50.4 Å². The molecule has 3 rings (SSSR count). The van der Waals surface area contributed by atoms with Crippen molar-refractivity contribution in [3.8, 4) is 11.1 Å². The molecule has 1 aromatic carbocycles. The molecule has 0 aliphatic carbocycles. The largest absolute Gasteiger partial charge is 0.312 e. The third-order valence-electron chi connectivity index (χ3n) is 3.99. The van der Waals surface area contributed by atoms with Gasteiger partial charge in [0.05, 0.1) is 12.2 Å². The summed E-state index contributed by atoms with van der Waals surface area (Å²) >= 11 is 3.55. The van der Waals surface area contributed by atoms with E-state index in [9.17, 15) is 0 Å². The Hall–Kier alpha value is -1.13. The number of aryl methyl sites for hydroxylation is 2. The molecule has 4 heteroatoms. The zero-order valence-electron chi connectivity index (χ0n) is 12.0. The van der Waals surface area contributed by atoms with Crippen LogP contribution in [-0.4, -0.2) is 22.4 Å². The van der Waals surface area contributed by atoms with Crippen LogP contribution in [0.15, 0.2) is 28.9 Å². The molecular weight excluding hydrogens is 314 g/mol. The number of nitrogens with one attached hydrogen (secondary N) is 1. The lowest BCUT2D eigenvalue weighted by molar-refractivity contribution is 0.474. The van der Waals surface area contributed by atoms with Gasteiger partial charge in [0.1, 0.15) is 0 Å². The van der Waals surface area contributed by atoms with Crippen LogP contribution in [0, 0.1) is 13.8 Å². The van der Waals surface area contributed by atoms with Gasteiger partial charge in [0.2, 0.25) is 0 Å². The van der Waals surface area contributed by atoms with Crippen molar-refractivity contribution in [1.82, 2.24) is 15.1 Å². The number of hydrogen-bond acceptors (Lipinski definition) is 2. The monoisotopic (exact) mass is 333 g/mol. The molecule has 0 spiro atoms. The highest BCUT2D eigenvalue weighted by molar-refractivity contribution is 9.10. The molecule has 20 heavy (non-hydrogen) atoms. The Labute approximate surface area is 128 Å². The third kappa shape index (κ3) is 2.81. The second kappa shape index (κ2) is 5.70. The van der Waals surface area contributed by atoms with Gasteiger partial charge in [-0.1, -0.05) is 28.1 Å². The van der Waals surface area contributed by atoms with E-state index in [4.69, 9.17) is 0 Å². The Morgan fingerprint density at radius 1 is 1.40 bits per heavy atom. The molecule has 0 amide bonds.